The first-order valence-electron chi connectivity index (χ1n) is 13.9. The Morgan fingerprint density at radius 3 is 2.47 bits per heavy atom. The van der Waals surface area contributed by atoms with Gasteiger partial charge in [0.15, 0.2) is 0 Å². The predicted octanol–water partition coefficient (Wildman–Crippen LogP) is 4.27. The van der Waals surface area contributed by atoms with Crippen LogP contribution in [0.25, 0.3) is 22.2 Å². The molecular weight excluding hydrogens is 587 g/mol. The van der Waals surface area contributed by atoms with Crippen LogP contribution in [0.3, 0.4) is 0 Å². The zero-order valence-electron chi connectivity index (χ0n) is 23.9. The van der Waals surface area contributed by atoms with Gasteiger partial charge in [-0.2, -0.15) is 23.1 Å². The lowest BCUT2D eigenvalue weighted by Crippen LogP contribution is -2.48. The fraction of sp³-hybridized carbons (Fsp3) is 0.448. The molecule has 10 nitrogen and oxygen atoms in total. The summed E-state index contributed by atoms with van der Waals surface area (Å²) in [6.45, 7) is 6.29. The number of likely N-dealkylation sites (N-methyl/N-ethyl adjacent to an activating group) is 1. The summed E-state index contributed by atoms with van der Waals surface area (Å²) >= 11 is 6.62. The van der Waals surface area contributed by atoms with Gasteiger partial charge in [-0.15, -0.1) is 0 Å². The molecule has 230 valence electrons. The standard InChI is InChI=1S/C29H33ClF3N7O3/c1-4-25(41)39-9-11-40(12-10-39)27-20-13-22(30)19(26-21(29(31,32)33)7-8-24(34)36-26)14-23(20)35-28(37-27)43-16-18-6-5-17(15-42-3)38(18)2/h4,7-8,13-14,17-18H,1,5-6,9-12,15-16H2,2-3H3,(H2,34,36). The Labute approximate surface area is 252 Å². The van der Waals surface area contributed by atoms with E-state index in [-0.39, 0.29) is 40.4 Å². The first kappa shape index (κ1) is 30.8. The number of anilines is 2. The van der Waals surface area contributed by atoms with E-state index in [2.05, 4.69) is 21.4 Å². The van der Waals surface area contributed by atoms with Crippen molar-refractivity contribution in [2.75, 3.05) is 64.2 Å². The lowest BCUT2D eigenvalue weighted by atomic mass is 10.0. The molecule has 1 amide bonds. The third-order valence-corrected chi connectivity index (χ3v) is 8.35. The number of nitrogens with zero attached hydrogens (tertiary/aromatic N) is 6. The van der Waals surface area contributed by atoms with Crippen LogP contribution in [0.1, 0.15) is 18.4 Å². The molecule has 2 aliphatic rings. The number of aromatic nitrogens is 3. The fourth-order valence-corrected chi connectivity index (χ4v) is 5.88. The number of carbonyl (C=O) groups is 1. The molecule has 2 saturated heterocycles. The molecule has 2 aliphatic heterocycles. The van der Waals surface area contributed by atoms with E-state index in [0.717, 1.165) is 25.0 Å². The molecule has 5 rings (SSSR count). The minimum Gasteiger partial charge on any atom is -0.462 e. The highest BCUT2D eigenvalue weighted by atomic mass is 35.5. The molecular formula is C29H33ClF3N7O3. The maximum atomic E-state index is 13.9. The summed E-state index contributed by atoms with van der Waals surface area (Å²) in [5.74, 6) is 0.269. The highest BCUT2D eigenvalue weighted by Crippen LogP contribution is 2.41. The first-order chi connectivity index (χ1) is 20.5. The Balaban J connectivity index is 1.54. The molecule has 0 spiro atoms. The lowest BCUT2D eigenvalue weighted by molar-refractivity contribution is -0.137. The molecule has 2 unspecified atom stereocenters. The third-order valence-electron chi connectivity index (χ3n) is 8.04. The Hall–Kier alpha value is -3.68. The number of piperazine rings is 1. The van der Waals surface area contributed by atoms with Crippen LogP contribution in [-0.2, 0) is 15.7 Å². The number of halogens is 4. The Kier molecular flexibility index (Phi) is 8.95. The van der Waals surface area contributed by atoms with E-state index < -0.39 is 17.4 Å². The van der Waals surface area contributed by atoms with Gasteiger partial charge in [-0.3, -0.25) is 9.69 Å². The summed E-state index contributed by atoms with van der Waals surface area (Å²) in [6, 6.07) is 5.46. The molecule has 0 saturated carbocycles. The van der Waals surface area contributed by atoms with E-state index in [1.54, 1.807) is 12.0 Å². The number of alkyl halides is 3. The molecule has 3 aromatic rings. The monoisotopic (exact) mass is 619 g/mol. The van der Waals surface area contributed by atoms with Crippen molar-refractivity contribution < 1.29 is 27.4 Å². The number of ether oxygens (including phenoxy) is 2. The molecule has 0 bridgehead atoms. The number of likely N-dealkylation sites (tertiary alicyclic amines) is 1. The average molecular weight is 620 g/mol. The summed E-state index contributed by atoms with van der Waals surface area (Å²) in [7, 11) is 3.69. The normalized spacial score (nSPS) is 19.7. The van der Waals surface area contributed by atoms with Crippen molar-refractivity contribution in [2.24, 2.45) is 0 Å². The average Bonchev–Trinajstić information content (AvgIpc) is 3.33. The van der Waals surface area contributed by atoms with Gasteiger partial charge in [-0.05, 0) is 50.2 Å². The van der Waals surface area contributed by atoms with Crippen molar-refractivity contribution in [3.8, 4) is 17.3 Å². The van der Waals surface area contributed by atoms with E-state index in [1.807, 2.05) is 11.9 Å². The Bertz CT molecular complexity index is 1510. The predicted molar refractivity (Wildman–Crippen MR) is 158 cm³/mol. The van der Waals surface area contributed by atoms with Gasteiger partial charge in [-0.1, -0.05) is 18.2 Å². The number of methoxy groups -OCH3 is 1. The number of benzene rings is 1. The van der Waals surface area contributed by atoms with Crippen LogP contribution in [0.5, 0.6) is 6.01 Å². The molecule has 43 heavy (non-hydrogen) atoms. The number of nitrogens with two attached hydrogens (primary N) is 1. The summed E-state index contributed by atoms with van der Waals surface area (Å²) < 4.78 is 53.2. The van der Waals surface area contributed by atoms with Gasteiger partial charge in [0.2, 0.25) is 5.91 Å². The summed E-state index contributed by atoms with van der Waals surface area (Å²) in [4.78, 5) is 31.3. The van der Waals surface area contributed by atoms with Gasteiger partial charge in [0.1, 0.15) is 18.2 Å². The third kappa shape index (κ3) is 6.48. The zero-order chi connectivity index (χ0) is 30.9. The van der Waals surface area contributed by atoms with Crippen LogP contribution >= 0.6 is 11.6 Å². The number of amides is 1. The number of carbonyl (C=O) groups excluding carboxylic acids is 1. The topological polar surface area (TPSA) is 110 Å². The summed E-state index contributed by atoms with van der Waals surface area (Å²) in [5, 5.41) is 0.562. The van der Waals surface area contributed by atoms with Gasteiger partial charge >= 0.3 is 12.2 Å². The number of fused-ring (bicyclic) bond motifs is 1. The summed E-state index contributed by atoms with van der Waals surface area (Å²) in [5.41, 5.74) is 4.78. The number of rotatable bonds is 8. The Morgan fingerprint density at radius 1 is 1.12 bits per heavy atom. The SMILES string of the molecule is C=CC(=O)N1CCN(c2nc(OCC3CCC(COC)N3C)nc3cc(-c4nc(N)ccc4C(F)(F)F)c(Cl)cc23)CC1. The van der Waals surface area contributed by atoms with Crippen molar-refractivity contribution in [1.82, 2.24) is 24.8 Å². The van der Waals surface area contributed by atoms with E-state index in [9.17, 15) is 18.0 Å². The van der Waals surface area contributed by atoms with E-state index >= 15 is 0 Å². The molecule has 1 aromatic carbocycles. The highest BCUT2D eigenvalue weighted by molar-refractivity contribution is 6.34. The van der Waals surface area contributed by atoms with Gasteiger partial charge in [-0.25, -0.2) is 4.98 Å². The van der Waals surface area contributed by atoms with Crippen molar-refractivity contribution in [1.29, 1.82) is 0 Å². The van der Waals surface area contributed by atoms with Crippen molar-refractivity contribution in [2.45, 2.75) is 31.1 Å². The van der Waals surface area contributed by atoms with Crippen molar-refractivity contribution >= 4 is 40.0 Å². The lowest BCUT2D eigenvalue weighted by Gasteiger charge is -2.35. The van der Waals surface area contributed by atoms with Crippen LogP contribution in [0, 0.1) is 0 Å². The van der Waals surface area contributed by atoms with Gasteiger partial charge in [0, 0.05) is 56.3 Å². The van der Waals surface area contributed by atoms with Crippen LogP contribution in [0.2, 0.25) is 5.02 Å². The van der Waals surface area contributed by atoms with Gasteiger partial charge < -0.3 is 25.0 Å². The largest absolute Gasteiger partial charge is 0.462 e. The smallest absolute Gasteiger partial charge is 0.418 e. The van der Waals surface area contributed by atoms with Crippen LogP contribution in [0.15, 0.2) is 36.9 Å². The zero-order valence-corrected chi connectivity index (χ0v) is 24.7. The molecule has 4 heterocycles. The van der Waals surface area contributed by atoms with Crippen LogP contribution < -0.4 is 15.4 Å². The van der Waals surface area contributed by atoms with Gasteiger partial charge in [0.25, 0.3) is 0 Å². The highest BCUT2D eigenvalue weighted by Gasteiger charge is 2.36. The molecule has 0 radical (unpaired) electrons. The molecule has 2 aromatic heterocycles. The van der Waals surface area contributed by atoms with E-state index in [0.29, 0.717) is 56.1 Å². The molecule has 2 fully saturated rings. The van der Waals surface area contributed by atoms with Gasteiger partial charge in [0.05, 0.1) is 28.4 Å². The number of hydrogen-bond acceptors (Lipinski definition) is 9. The quantitative estimate of drug-likeness (QED) is 0.370. The first-order valence-corrected chi connectivity index (χ1v) is 14.2. The molecule has 2 atom stereocenters. The number of hydrogen-bond donors (Lipinski definition) is 1. The van der Waals surface area contributed by atoms with Crippen LogP contribution in [0.4, 0.5) is 24.8 Å². The van der Waals surface area contributed by atoms with E-state index in [4.69, 9.17) is 31.8 Å². The second-order valence-electron chi connectivity index (χ2n) is 10.6. The van der Waals surface area contributed by atoms with E-state index in [1.165, 1.54) is 18.2 Å². The summed E-state index contributed by atoms with van der Waals surface area (Å²) in [6.07, 6.45) is -1.53. The fourth-order valence-electron chi connectivity index (χ4n) is 5.63. The van der Waals surface area contributed by atoms with Crippen molar-refractivity contribution in [3.63, 3.8) is 0 Å². The van der Waals surface area contributed by atoms with Crippen LogP contribution in [-0.4, -0.2) is 96.3 Å². The molecule has 2 N–H and O–H groups in total. The molecule has 0 aliphatic carbocycles. The maximum absolute atomic E-state index is 13.9. The minimum atomic E-state index is -4.68. The maximum Gasteiger partial charge on any atom is 0.418 e. The second kappa shape index (κ2) is 12.5. The number of pyridine rings is 1. The molecule has 14 heteroatoms. The Morgan fingerprint density at radius 2 is 1.81 bits per heavy atom. The minimum absolute atomic E-state index is 0.0312. The van der Waals surface area contributed by atoms with Crippen molar-refractivity contribution in [3.05, 3.63) is 47.5 Å². The second-order valence-corrected chi connectivity index (χ2v) is 11.0. The number of nitrogen functional groups attached to an aromatic ring is 1.